The molecule has 0 spiro atoms. The summed E-state index contributed by atoms with van der Waals surface area (Å²) in [7, 11) is 1.36. The van der Waals surface area contributed by atoms with E-state index in [9.17, 15) is 9.90 Å². The van der Waals surface area contributed by atoms with Crippen molar-refractivity contribution in [3.05, 3.63) is 48.2 Å². The van der Waals surface area contributed by atoms with Gasteiger partial charge in [0.15, 0.2) is 0 Å². The van der Waals surface area contributed by atoms with Crippen molar-refractivity contribution in [2.24, 2.45) is 0 Å². The zero-order chi connectivity index (χ0) is 12.7. The van der Waals surface area contributed by atoms with E-state index in [0.29, 0.717) is 5.56 Å². The van der Waals surface area contributed by atoms with Gasteiger partial charge in [0.25, 0.3) is 0 Å². The maximum atomic E-state index is 11.5. The predicted molar refractivity (Wildman–Crippen MR) is 67.9 cm³/mol. The van der Waals surface area contributed by atoms with Gasteiger partial charge in [0.2, 0.25) is 0 Å². The van der Waals surface area contributed by atoms with Crippen LogP contribution in [0.4, 0.5) is 0 Å². The molecular weight excluding hydrogens is 230 g/mol. The van der Waals surface area contributed by atoms with Crippen molar-refractivity contribution in [3.8, 4) is 5.75 Å². The van der Waals surface area contributed by atoms with Gasteiger partial charge >= 0.3 is 5.97 Å². The van der Waals surface area contributed by atoms with Gasteiger partial charge < -0.3 is 14.2 Å². The molecule has 1 N–H and O–H groups in total. The molecule has 0 aliphatic rings. The molecule has 3 aromatic rings. The highest BCUT2D eigenvalue weighted by Crippen LogP contribution is 2.23. The van der Waals surface area contributed by atoms with Gasteiger partial charge in [0.05, 0.1) is 18.2 Å². The Bertz CT molecular complexity index is 758. The van der Waals surface area contributed by atoms with Crippen LogP contribution in [-0.4, -0.2) is 22.6 Å². The monoisotopic (exact) mass is 241 g/mol. The van der Waals surface area contributed by atoms with Crippen LogP contribution in [0.5, 0.6) is 5.75 Å². The Morgan fingerprint density at radius 1 is 1.22 bits per heavy atom. The summed E-state index contributed by atoms with van der Waals surface area (Å²) in [6.45, 7) is 0. The lowest BCUT2D eigenvalue weighted by Crippen LogP contribution is -1.98. The molecule has 0 saturated carbocycles. The van der Waals surface area contributed by atoms with Crippen LogP contribution in [0.25, 0.3) is 16.4 Å². The molecule has 2 heterocycles. The van der Waals surface area contributed by atoms with E-state index in [4.69, 9.17) is 4.74 Å². The number of carbonyl (C=O) groups excluding carboxylic acids is 1. The third-order valence-electron chi connectivity index (χ3n) is 2.98. The van der Waals surface area contributed by atoms with Crippen LogP contribution in [0.1, 0.15) is 10.4 Å². The highest BCUT2D eigenvalue weighted by molar-refractivity contribution is 5.93. The zero-order valence-corrected chi connectivity index (χ0v) is 9.75. The number of hydrogen-bond acceptors (Lipinski definition) is 3. The highest BCUT2D eigenvalue weighted by Gasteiger charge is 2.10. The van der Waals surface area contributed by atoms with Crippen LogP contribution in [0.15, 0.2) is 42.6 Å². The molecule has 90 valence electrons. The van der Waals surface area contributed by atoms with Gasteiger partial charge in [-0.3, -0.25) is 0 Å². The van der Waals surface area contributed by atoms with E-state index in [2.05, 4.69) is 0 Å². The summed E-state index contributed by atoms with van der Waals surface area (Å²) in [5.41, 5.74) is 2.35. The molecule has 2 aromatic heterocycles. The molecule has 0 saturated heterocycles. The highest BCUT2D eigenvalue weighted by atomic mass is 16.5. The summed E-state index contributed by atoms with van der Waals surface area (Å²) >= 11 is 0. The lowest BCUT2D eigenvalue weighted by molar-refractivity contribution is 0.0601. The molecule has 0 fully saturated rings. The van der Waals surface area contributed by atoms with Crippen LogP contribution in [0.2, 0.25) is 0 Å². The number of hydrogen-bond donors (Lipinski definition) is 1. The summed E-state index contributed by atoms with van der Waals surface area (Å²) in [5, 5.41) is 10.4. The number of aromatic hydroxyl groups is 1. The molecular formula is C14H11NO3. The summed E-state index contributed by atoms with van der Waals surface area (Å²) < 4.78 is 6.61. The largest absolute Gasteiger partial charge is 0.508 e. The summed E-state index contributed by atoms with van der Waals surface area (Å²) in [5.74, 6) is -0.132. The minimum atomic E-state index is -0.356. The van der Waals surface area contributed by atoms with Crippen molar-refractivity contribution in [3.63, 3.8) is 0 Å². The quantitative estimate of drug-likeness (QED) is 0.666. The predicted octanol–water partition coefficient (Wildman–Crippen LogP) is 2.58. The maximum Gasteiger partial charge on any atom is 0.339 e. The first kappa shape index (κ1) is 10.7. The van der Waals surface area contributed by atoms with Crippen molar-refractivity contribution in [2.75, 3.05) is 7.11 Å². The van der Waals surface area contributed by atoms with Crippen LogP contribution in [0, 0.1) is 0 Å². The Morgan fingerprint density at radius 3 is 2.83 bits per heavy atom. The van der Waals surface area contributed by atoms with Crippen molar-refractivity contribution in [1.29, 1.82) is 0 Å². The third kappa shape index (κ3) is 1.50. The number of pyridine rings is 1. The number of esters is 1. The molecule has 0 unspecified atom stereocenters. The fourth-order valence-electron chi connectivity index (χ4n) is 2.12. The molecule has 4 nitrogen and oxygen atoms in total. The molecule has 18 heavy (non-hydrogen) atoms. The second kappa shape index (κ2) is 3.77. The topological polar surface area (TPSA) is 50.9 Å². The lowest BCUT2D eigenvalue weighted by Gasteiger charge is -2.02. The fourth-order valence-corrected chi connectivity index (χ4v) is 2.12. The Hall–Kier alpha value is -2.49. The lowest BCUT2D eigenvalue weighted by atomic mass is 10.2. The number of nitrogens with zero attached hydrogens (tertiary/aromatic N) is 1. The van der Waals surface area contributed by atoms with Gasteiger partial charge in [-0.1, -0.05) is 6.07 Å². The molecule has 3 rings (SSSR count). The number of aromatic nitrogens is 1. The number of ether oxygens (including phenoxy) is 1. The molecule has 0 amide bonds. The first-order valence-electron chi connectivity index (χ1n) is 5.51. The number of methoxy groups -OCH3 is 1. The van der Waals surface area contributed by atoms with Crippen molar-refractivity contribution in [1.82, 2.24) is 4.40 Å². The van der Waals surface area contributed by atoms with Crippen molar-refractivity contribution in [2.45, 2.75) is 0 Å². The second-order valence-corrected chi connectivity index (χ2v) is 4.09. The van der Waals surface area contributed by atoms with Crippen molar-refractivity contribution >= 4 is 22.4 Å². The van der Waals surface area contributed by atoms with Gasteiger partial charge in [-0.05, 0) is 30.3 Å². The second-order valence-electron chi connectivity index (χ2n) is 4.09. The average molecular weight is 241 g/mol. The third-order valence-corrected chi connectivity index (χ3v) is 2.98. The Labute approximate surface area is 103 Å². The molecule has 0 aliphatic heterocycles. The molecule has 0 atom stereocenters. The fraction of sp³-hybridized carbons (Fsp3) is 0.0714. The summed E-state index contributed by atoms with van der Waals surface area (Å²) in [6, 6.07) is 10.7. The SMILES string of the molecule is COC(=O)c1cc2ccc3cc(O)ccc3n2c1. The van der Waals surface area contributed by atoms with Crippen LogP contribution >= 0.6 is 0 Å². The van der Waals surface area contributed by atoms with Gasteiger partial charge in [0.1, 0.15) is 5.75 Å². The summed E-state index contributed by atoms with van der Waals surface area (Å²) in [6.07, 6.45) is 1.74. The molecule has 0 aliphatic carbocycles. The standard InChI is InChI=1S/C14H11NO3/c1-18-14(17)10-6-11-3-2-9-7-12(16)4-5-13(9)15(11)8-10/h2-8,16H,1H3. The van der Waals surface area contributed by atoms with E-state index in [1.54, 1.807) is 24.4 Å². The Kier molecular flexibility index (Phi) is 2.23. The minimum absolute atomic E-state index is 0.224. The zero-order valence-electron chi connectivity index (χ0n) is 9.75. The molecule has 0 bridgehead atoms. The first-order valence-corrected chi connectivity index (χ1v) is 5.51. The van der Waals surface area contributed by atoms with E-state index < -0.39 is 0 Å². The van der Waals surface area contributed by atoms with Gasteiger partial charge in [-0.15, -0.1) is 0 Å². The number of rotatable bonds is 1. The number of benzene rings is 1. The van der Waals surface area contributed by atoms with Gasteiger partial charge in [0, 0.05) is 17.1 Å². The number of fused-ring (bicyclic) bond motifs is 3. The summed E-state index contributed by atoms with van der Waals surface area (Å²) in [4.78, 5) is 11.5. The first-order chi connectivity index (χ1) is 8.69. The van der Waals surface area contributed by atoms with Gasteiger partial charge in [-0.2, -0.15) is 0 Å². The Morgan fingerprint density at radius 2 is 2.06 bits per heavy atom. The number of phenolic OH excluding ortho intramolecular Hbond substituents is 1. The van der Waals surface area contributed by atoms with Crippen LogP contribution in [-0.2, 0) is 4.74 Å². The molecule has 1 aromatic carbocycles. The smallest absolute Gasteiger partial charge is 0.339 e. The molecule has 0 radical (unpaired) electrons. The van der Waals surface area contributed by atoms with E-state index in [1.165, 1.54) is 7.11 Å². The number of carbonyl (C=O) groups is 1. The minimum Gasteiger partial charge on any atom is -0.508 e. The van der Waals surface area contributed by atoms with E-state index >= 15 is 0 Å². The Balaban J connectivity index is 2.33. The van der Waals surface area contributed by atoms with Crippen LogP contribution in [0.3, 0.4) is 0 Å². The van der Waals surface area contributed by atoms with E-state index in [0.717, 1.165) is 16.4 Å². The van der Waals surface area contributed by atoms with Crippen LogP contribution < -0.4 is 0 Å². The van der Waals surface area contributed by atoms with E-state index in [-0.39, 0.29) is 11.7 Å². The maximum absolute atomic E-state index is 11.5. The molecule has 4 heteroatoms. The van der Waals surface area contributed by atoms with Gasteiger partial charge in [-0.25, -0.2) is 4.79 Å². The normalized spacial score (nSPS) is 10.9. The van der Waals surface area contributed by atoms with Crippen molar-refractivity contribution < 1.29 is 14.6 Å². The average Bonchev–Trinajstić information content (AvgIpc) is 2.81. The van der Waals surface area contributed by atoms with E-state index in [1.807, 2.05) is 22.6 Å². The number of phenols is 1.